The Balaban J connectivity index is 2.73. The van der Waals surface area contributed by atoms with Crippen LogP contribution in [0.4, 0.5) is 5.69 Å². The van der Waals surface area contributed by atoms with Crippen molar-refractivity contribution in [3.05, 3.63) is 28.8 Å². The van der Waals surface area contributed by atoms with Crippen molar-refractivity contribution >= 4 is 35.0 Å². The Morgan fingerprint density at radius 1 is 1.45 bits per heavy atom. The molecule has 0 spiro atoms. The Hall–Kier alpha value is -1.15. The molecule has 108 valence electrons. The van der Waals surface area contributed by atoms with Crippen LogP contribution in [0.25, 0.3) is 0 Å². The van der Waals surface area contributed by atoms with Gasteiger partial charge in [0.05, 0.1) is 16.5 Å². The highest BCUT2D eigenvalue weighted by atomic mass is 35.5. The van der Waals surface area contributed by atoms with E-state index < -0.39 is 0 Å². The largest absolute Gasteiger partial charge is 0.384 e. The molecule has 1 aromatic carbocycles. The highest BCUT2D eigenvalue weighted by molar-refractivity contribution is 8.01. The van der Waals surface area contributed by atoms with Crippen LogP contribution in [0.5, 0.6) is 0 Å². The fraction of sp³-hybridized carbons (Fsp3) is 0.400. The van der Waals surface area contributed by atoms with Gasteiger partial charge in [0.2, 0.25) is 5.91 Å². The summed E-state index contributed by atoms with van der Waals surface area (Å²) in [6.45, 7) is 5.97. The van der Waals surface area contributed by atoms with Gasteiger partial charge in [-0.15, -0.1) is 11.8 Å². The zero-order valence-electron chi connectivity index (χ0n) is 11.8. The van der Waals surface area contributed by atoms with Crippen molar-refractivity contribution in [1.29, 1.82) is 0 Å². The maximum atomic E-state index is 11.9. The third-order valence-corrected chi connectivity index (χ3v) is 3.79. The second kappa shape index (κ2) is 7.58. The summed E-state index contributed by atoms with van der Waals surface area (Å²) >= 11 is 7.61. The maximum absolute atomic E-state index is 11.9. The lowest BCUT2D eigenvalue weighted by molar-refractivity contribution is -0.113. The number of hydrogen-bond donors (Lipinski definition) is 2. The number of aliphatic hydroxyl groups excluding tert-OH is 1. The quantitative estimate of drug-likeness (QED) is 0.843. The molecular formula is C15H18ClNO2S. The predicted molar refractivity (Wildman–Crippen MR) is 86.3 cm³/mol. The van der Waals surface area contributed by atoms with E-state index in [9.17, 15) is 4.79 Å². The minimum absolute atomic E-state index is 0.0373. The molecule has 0 fully saturated rings. The first kappa shape index (κ1) is 16.9. The molecule has 0 aliphatic rings. The topological polar surface area (TPSA) is 49.3 Å². The van der Waals surface area contributed by atoms with E-state index in [1.807, 2.05) is 0 Å². The number of thioether (sulfide) groups is 1. The summed E-state index contributed by atoms with van der Waals surface area (Å²) in [5, 5.41) is 11.9. The molecule has 0 aliphatic carbocycles. The normalized spacial score (nSPS) is 10.7. The third kappa shape index (κ3) is 6.33. The lowest BCUT2D eigenvalue weighted by Crippen LogP contribution is -2.19. The monoisotopic (exact) mass is 311 g/mol. The summed E-state index contributed by atoms with van der Waals surface area (Å²) < 4.78 is 0.0373. The number of rotatable bonds is 3. The van der Waals surface area contributed by atoms with Gasteiger partial charge in [0.25, 0.3) is 0 Å². The van der Waals surface area contributed by atoms with Gasteiger partial charge in [-0.3, -0.25) is 4.79 Å². The number of carbonyl (C=O) groups is 1. The van der Waals surface area contributed by atoms with E-state index in [2.05, 4.69) is 37.9 Å². The number of nitrogens with one attached hydrogen (secondary N) is 1. The Morgan fingerprint density at radius 3 is 2.75 bits per heavy atom. The summed E-state index contributed by atoms with van der Waals surface area (Å²) in [7, 11) is 0. The van der Waals surface area contributed by atoms with Crippen molar-refractivity contribution in [2.75, 3.05) is 17.7 Å². The smallest absolute Gasteiger partial charge is 0.234 e. The summed E-state index contributed by atoms with van der Waals surface area (Å²) in [6, 6.07) is 5.12. The average Bonchev–Trinajstić information content (AvgIpc) is 2.36. The van der Waals surface area contributed by atoms with Crippen molar-refractivity contribution < 1.29 is 9.90 Å². The van der Waals surface area contributed by atoms with Gasteiger partial charge in [-0.05, 0) is 18.2 Å². The van der Waals surface area contributed by atoms with E-state index in [4.69, 9.17) is 16.7 Å². The zero-order valence-corrected chi connectivity index (χ0v) is 13.4. The second-order valence-corrected chi connectivity index (χ2v) is 7.31. The van der Waals surface area contributed by atoms with Crippen LogP contribution < -0.4 is 5.32 Å². The van der Waals surface area contributed by atoms with Crippen LogP contribution in [0, 0.1) is 11.8 Å². The minimum Gasteiger partial charge on any atom is -0.384 e. The first-order valence-corrected chi connectivity index (χ1v) is 7.51. The van der Waals surface area contributed by atoms with E-state index in [0.29, 0.717) is 22.0 Å². The van der Waals surface area contributed by atoms with Gasteiger partial charge in [-0.1, -0.05) is 44.2 Å². The number of halogens is 1. The fourth-order valence-electron chi connectivity index (χ4n) is 1.31. The van der Waals surface area contributed by atoms with Gasteiger partial charge >= 0.3 is 0 Å². The van der Waals surface area contributed by atoms with E-state index in [-0.39, 0.29) is 17.3 Å². The number of anilines is 1. The van der Waals surface area contributed by atoms with E-state index in [0.717, 1.165) is 0 Å². The molecule has 0 saturated carbocycles. The van der Waals surface area contributed by atoms with E-state index in [1.165, 1.54) is 0 Å². The fourth-order valence-corrected chi connectivity index (χ4v) is 2.11. The van der Waals surface area contributed by atoms with Gasteiger partial charge in [-0.2, -0.15) is 0 Å². The number of carbonyl (C=O) groups excluding carboxylic acids is 1. The van der Waals surface area contributed by atoms with Crippen molar-refractivity contribution in [2.45, 2.75) is 25.5 Å². The summed E-state index contributed by atoms with van der Waals surface area (Å²) in [4.78, 5) is 11.9. The van der Waals surface area contributed by atoms with Crippen molar-refractivity contribution in [3.63, 3.8) is 0 Å². The summed E-state index contributed by atoms with van der Waals surface area (Å²) in [6.07, 6.45) is 0. The Morgan fingerprint density at radius 2 is 2.15 bits per heavy atom. The molecule has 0 atom stereocenters. The van der Waals surface area contributed by atoms with Crippen LogP contribution in [-0.2, 0) is 4.79 Å². The molecule has 0 heterocycles. The minimum atomic E-state index is -0.202. The van der Waals surface area contributed by atoms with Crippen LogP contribution in [0.1, 0.15) is 26.3 Å². The number of amides is 1. The molecule has 1 aromatic rings. The van der Waals surface area contributed by atoms with Crippen LogP contribution in [0.3, 0.4) is 0 Å². The average molecular weight is 312 g/mol. The molecule has 1 amide bonds. The van der Waals surface area contributed by atoms with Gasteiger partial charge < -0.3 is 10.4 Å². The van der Waals surface area contributed by atoms with Gasteiger partial charge in [0.1, 0.15) is 6.61 Å². The van der Waals surface area contributed by atoms with Crippen LogP contribution in [0.15, 0.2) is 18.2 Å². The van der Waals surface area contributed by atoms with Crippen LogP contribution >= 0.6 is 23.4 Å². The Kier molecular flexibility index (Phi) is 6.41. The molecule has 2 N–H and O–H groups in total. The number of aliphatic hydroxyl groups is 1. The highest BCUT2D eigenvalue weighted by Gasteiger charge is 2.14. The second-order valence-electron chi connectivity index (χ2n) is 5.10. The van der Waals surface area contributed by atoms with Crippen molar-refractivity contribution in [1.82, 2.24) is 0 Å². The molecule has 0 bridgehead atoms. The Bertz CT molecular complexity index is 541. The highest BCUT2D eigenvalue weighted by Crippen LogP contribution is 2.25. The lowest BCUT2D eigenvalue weighted by Gasteiger charge is -2.17. The van der Waals surface area contributed by atoms with Crippen molar-refractivity contribution in [3.8, 4) is 11.8 Å². The van der Waals surface area contributed by atoms with Gasteiger partial charge in [0, 0.05) is 10.3 Å². The molecular weight excluding hydrogens is 294 g/mol. The Labute approximate surface area is 129 Å². The standard InChI is InChI=1S/C15H18ClNO2S/c1-15(2,3)20-10-14(19)17-13-9-11(5-4-8-18)6-7-12(13)16/h6-7,9,18H,8,10H2,1-3H3,(H,17,19). The van der Waals surface area contributed by atoms with Gasteiger partial charge in [0.15, 0.2) is 0 Å². The lowest BCUT2D eigenvalue weighted by atomic mass is 10.2. The van der Waals surface area contributed by atoms with E-state index >= 15 is 0 Å². The molecule has 0 unspecified atom stereocenters. The molecule has 20 heavy (non-hydrogen) atoms. The van der Waals surface area contributed by atoms with E-state index in [1.54, 1.807) is 30.0 Å². The van der Waals surface area contributed by atoms with Crippen LogP contribution in [-0.4, -0.2) is 28.1 Å². The molecule has 0 aromatic heterocycles. The summed E-state index contributed by atoms with van der Waals surface area (Å²) in [5.74, 6) is 5.60. The zero-order chi connectivity index (χ0) is 15.2. The molecule has 3 nitrogen and oxygen atoms in total. The first-order chi connectivity index (χ1) is 9.31. The molecule has 0 saturated heterocycles. The van der Waals surface area contributed by atoms with Gasteiger partial charge in [-0.25, -0.2) is 0 Å². The number of benzene rings is 1. The third-order valence-electron chi connectivity index (χ3n) is 2.19. The molecule has 1 rings (SSSR count). The molecule has 5 heteroatoms. The van der Waals surface area contributed by atoms with Crippen molar-refractivity contribution in [2.24, 2.45) is 0 Å². The first-order valence-electron chi connectivity index (χ1n) is 6.15. The van der Waals surface area contributed by atoms with Crippen LogP contribution in [0.2, 0.25) is 5.02 Å². The maximum Gasteiger partial charge on any atom is 0.234 e. The molecule has 0 aliphatic heterocycles. The molecule has 0 radical (unpaired) electrons. The SMILES string of the molecule is CC(C)(C)SCC(=O)Nc1cc(C#CCO)ccc1Cl. The predicted octanol–water partition coefficient (Wildman–Crippen LogP) is 3.15. The summed E-state index contributed by atoms with van der Waals surface area (Å²) in [5.41, 5.74) is 1.23. The number of hydrogen-bond acceptors (Lipinski definition) is 3.